The molecule has 4 heteroatoms. The predicted octanol–water partition coefficient (Wildman–Crippen LogP) is 4.29. The lowest BCUT2D eigenvalue weighted by atomic mass is 9.88. The summed E-state index contributed by atoms with van der Waals surface area (Å²) in [5.41, 5.74) is 1.79. The fourth-order valence-corrected chi connectivity index (χ4v) is 4.43. The van der Waals surface area contributed by atoms with Crippen LogP contribution in [0.15, 0.2) is 24.3 Å². The molecule has 2 aliphatic rings. The largest absolute Gasteiger partial charge is 0.352 e. The molecule has 1 aliphatic carbocycles. The number of likely N-dealkylation sites (tertiary alicyclic amines) is 1. The van der Waals surface area contributed by atoms with Crippen LogP contribution in [0.4, 0.5) is 0 Å². The number of nitrogens with one attached hydrogen (secondary N) is 1. The Labute approximate surface area is 157 Å². The van der Waals surface area contributed by atoms with Crippen molar-refractivity contribution in [1.82, 2.24) is 10.2 Å². The number of hydrogen-bond donors (Lipinski definition) is 1. The summed E-state index contributed by atoms with van der Waals surface area (Å²) in [6, 6.07) is 8.35. The van der Waals surface area contributed by atoms with E-state index in [4.69, 9.17) is 0 Å². The third kappa shape index (κ3) is 4.46. The molecular formula is C22H32N2O2. The maximum Gasteiger partial charge on any atom is 0.254 e. The van der Waals surface area contributed by atoms with Gasteiger partial charge in [-0.3, -0.25) is 9.59 Å². The first-order valence-electron chi connectivity index (χ1n) is 10.3. The summed E-state index contributed by atoms with van der Waals surface area (Å²) in [6.45, 7) is 4.83. The van der Waals surface area contributed by atoms with Crippen LogP contribution in [0.25, 0.3) is 0 Å². The SMILES string of the molecule is CC1CCCC(C)N1C(=O)c1ccc(CNC(=O)C2CCCCC2)cc1. The van der Waals surface area contributed by atoms with Crippen LogP contribution in [-0.2, 0) is 11.3 Å². The molecule has 142 valence electrons. The van der Waals surface area contributed by atoms with Crippen LogP contribution in [0.5, 0.6) is 0 Å². The zero-order valence-electron chi connectivity index (χ0n) is 16.2. The zero-order valence-corrected chi connectivity index (χ0v) is 16.2. The molecule has 3 rings (SSSR count). The maximum atomic E-state index is 12.9. The highest BCUT2D eigenvalue weighted by Crippen LogP contribution is 2.25. The van der Waals surface area contributed by atoms with Gasteiger partial charge in [0, 0.05) is 30.1 Å². The smallest absolute Gasteiger partial charge is 0.254 e. The van der Waals surface area contributed by atoms with Crippen LogP contribution in [0, 0.1) is 5.92 Å². The highest BCUT2D eigenvalue weighted by Gasteiger charge is 2.29. The average molecular weight is 357 g/mol. The minimum absolute atomic E-state index is 0.127. The second-order valence-corrected chi connectivity index (χ2v) is 8.09. The van der Waals surface area contributed by atoms with Crippen molar-refractivity contribution in [2.75, 3.05) is 0 Å². The van der Waals surface area contributed by atoms with Gasteiger partial charge in [0.25, 0.3) is 5.91 Å². The fourth-order valence-electron chi connectivity index (χ4n) is 4.43. The Balaban J connectivity index is 1.56. The molecule has 2 amide bonds. The molecule has 2 fully saturated rings. The number of carbonyl (C=O) groups is 2. The van der Waals surface area contributed by atoms with Crippen molar-refractivity contribution in [3.63, 3.8) is 0 Å². The number of carbonyl (C=O) groups excluding carboxylic acids is 2. The molecule has 0 aromatic heterocycles. The number of benzene rings is 1. The summed E-state index contributed by atoms with van der Waals surface area (Å²) in [6.07, 6.45) is 9.00. The lowest BCUT2D eigenvalue weighted by molar-refractivity contribution is -0.126. The van der Waals surface area contributed by atoms with Gasteiger partial charge in [-0.2, -0.15) is 0 Å². The Hall–Kier alpha value is -1.84. The molecule has 1 aromatic carbocycles. The number of piperidine rings is 1. The molecule has 0 bridgehead atoms. The molecule has 26 heavy (non-hydrogen) atoms. The van der Waals surface area contributed by atoms with Crippen LogP contribution in [0.1, 0.15) is 81.1 Å². The summed E-state index contributed by atoms with van der Waals surface area (Å²) in [5.74, 6) is 0.495. The van der Waals surface area contributed by atoms with E-state index < -0.39 is 0 Å². The summed E-state index contributed by atoms with van der Waals surface area (Å²) in [4.78, 5) is 27.1. The molecule has 1 saturated heterocycles. The number of nitrogens with zero attached hydrogens (tertiary/aromatic N) is 1. The summed E-state index contributed by atoms with van der Waals surface area (Å²) in [5, 5.41) is 3.06. The van der Waals surface area contributed by atoms with Gasteiger partial charge in [-0.25, -0.2) is 0 Å². The zero-order chi connectivity index (χ0) is 18.5. The van der Waals surface area contributed by atoms with Gasteiger partial charge >= 0.3 is 0 Å². The van der Waals surface area contributed by atoms with E-state index in [9.17, 15) is 9.59 Å². The van der Waals surface area contributed by atoms with Gasteiger partial charge in [-0.1, -0.05) is 31.4 Å². The van der Waals surface area contributed by atoms with Crippen molar-refractivity contribution in [3.05, 3.63) is 35.4 Å². The maximum absolute atomic E-state index is 12.9. The number of amides is 2. The quantitative estimate of drug-likeness (QED) is 0.875. The third-order valence-corrected chi connectivity index (χ3v) is 6.07. The molecule has 1 aromatic rings. The van der Waals surface area contributed by atoms with E-state index in [1.807, 2.05) is 29.2 Å². The van der Waals surface area contributed by atoms with Crippen molar-refractivity contribution >= 4 is 11.8 Å². The third-order valence-electron chi connectivity index (χ3n) is 6.07. The molecule has 0 spiro atoms. The van der Waals surface area contributed by atoms with Crippen molar-refractivity contribution in [2.45, 2.75) is 83.8 Å². The van der Waals surface area contributed by atoms with Crippen molar-refractivity contribution in [1.29, 1.82) is 0 Å². The van der Waals surface area contributed by atoms with E-state index in [2.05, 4.69) is 19.2 Å². The lowest BCUT2D eigenvalue weighted by Crippen LogP contribution is -2.47. The molecule has 1 saturated carbocycles. The second-order valence-electron chi connectivity index (χ2n) is 8.09. The second kappa shape index (κ2) is 8.70. The minimum atomic E-state index is 0.127. The Kier molecular flexibility index (Phi) is 6.33. The first kappa shape index (κ1) is 18.9. The van der Waals surface area contributed by atoms with Crippen LogP contribution in [0.3, 0.4) is 0 Å². The van der Waals surface area contributed by atoms with E-state index in [-0.39, 0.29) is 17.7 Å². The van der Waals surface area contributed by atoms with Crippen LogP contribution < -0.4 is 5.32 Å². The molecule has 1 aliphatic heterocycles. The predicted molar refractivity (Wildman–Crippen MR) is 104 cm³/mol. The molecule has 1 heterocycles. The summed E-state index contributed by atoms with van der Waals surface area (Å²) < 4.78 is 0. The summed E-state index contributed by atoms with van der Waals surface area (Å²) in [7, 11) is 0. The van der Waals surface area contributed by atoms with Gasteiger partial charge in [0.1, 0.15) is 0 Å². The minimum Gasteiger partial charge on any atom is -0.352 e. The Bertz CT molecular complexity index is 610. The van der Waals surface area contributed by atoms with Gasteiger partial charge in [-0.05, 0) is 63.6 Å². The van der Waals surface area contributed by atoms with Gasteiger partial charge in [0.2, 0.25) is 5.91 Å². The Morgan fingerprint density at radius 1 is 0.923 bits per heavy atom. The van der Waals surface area contributed by atoms with Gasteiger partial charge in [0.05, 0.1) is 0 Å². The molecular weight excluding hydrogens is 324 g/mol. The van der Waals surface area contributed by atoms with Crippen LogP contribution >= 0.6 is 0 Å². The van der Waals surface area contributed by atoms with E-state index in [0.29, 0.717) is 18.6 Å². The van der Waals surface area contributed by atoms with E-state index in [1.165, 1.54) is 25.7 Å². The highest BCUT2D eigenvalue weighted by molar-refractivity contribution is 5.94. The van der Waals surface area contributed by atoms with Gasteiger partial charge < -0.3 is 10.2 Å². The Morgan fingerprint density at radius 3 is 2.15 bits per heavy atom. The summed E-state index contributed by atoms with van der Waals surface area (Å²) >= 11 is 0. The van der Waals surface area contributed by atoms with Gasteiger partial charge in [0.15, 0.2) is 0 Å². The molecule has 1 N–H and O–H groups in total. The average Bonchev–Trinajstić information content (AvgIpc) is 2.67. The lowest BCUT2D eigenvalue weighted by Gasteiger charge is -2.39. The topological polar surface area (TPSA) is 49.4 Å². The first-order valence-corrected chi connectivity index (χ1v) is 10.3. The first-order chi connectivity index (χ1) is 12.6. The molecule has 0 radical (unpaired) electrons. The number of rotatable bonds is 4. The van der Waals surface area contributed by atoms with Crippen LogP contribution in [0.2, 0.25) is 0 Å². The molecule has 2 atom stereocenters. The van der Waals surface area contributed by atoms with Gasteiger partial charge in [-0.15, -0.1) is 0 Å². The number of hydrogen-bond acceptors (Lipinski definition) is 2. The van der Waals surface area contributed by atoms with E-state index >= 15 is 0 Å². The molecule has 4 nitrogen and oxygen atoms in total. The van der Waals surface area contributed by atoms with Crippen LogP contribution in [-0.4, -0.2) is 28.8 Å². The van der Waals surface area contributed by atoms with E-state index in [1.54, 1.807) is 0 Å². The van der Waals surface area contributed by atoms with E-state index in [0.717, 1.165) is 36.8 Å². The molecule has 2 unspecified atom stereocenters. The fraction of sp³-hybridized carbons (Fsp3) is 0.636. The highest BCUT2D eigenvalue weighted by atomic mass is 16.2. The van der Waals surface area contributed by atoms with Crippen molar-refractivity contribution < 1.29 is 9.59 Å². The standard InChI is InChI=1S/C22H32N2O2/c1-16-7-6-8-17(2)24(16)22(26)20-13-11-18(12-14-20)15-23-21(25)19-9-4-3-5-10-19/h11-14,16-17,19H,3-10,15H2,1-2H3,(H,23,25). The normalized spacial score (nSPS) is 24.3. The van der Waals surface area contributed by atoms with Crippen molar-refractivity contribution in [3.8, 4) is 0 Å². The monoisotopic (exact) mass is 356 g/mol. The Morgan fingerprint density at radius 2 is 1.54 bits per heavy atom. The van der Waals surface area contributed by atoms with Crippen molar-refractivity contribution in [2.24, 2.45) is 5.92 Å².